The highest BCUT2D eigenvalue weighted by atomic mass is 79.9. The molecule has 1 N–H and O–H groups in total. The minimum absolute atomic E-state index is 0.159. The van der Waals surface area contributed by atoms with Gasteiger partial charge in [-0.05, 0) is 31.2 Å². The van der Waals surface area contributed by atoms with E-state index in [4.69, 9.17) is 0 Å². The number of rotatable bonds is 3. The molecule has 0 atom stereocenters. The molecule has 3 nitrogen and oxygen atoms in total. The third kappa shape index (κ3) is 3.11. The first-order valence-electron chi connectivity index (χ1n) is 5.55. The Balaban J connectivity index is 2.06. The number of carbonyl (C=O) groups excluding carboxylic acids is 1. The Morgan fingerprint density at radius 1 is 1.06 bits per heavy atom. The Hall–Kier alpha value is -1.81. The molecule has 0 fully saturated rings. The van der Waals surface area contributed by atoms with Gasteiger partial charge in [0, 0.05) is 5.56 Å². The van der Waals surface area contributed by atoms with Crippen molar-refractivity contribution in [2.24, 2.45) is 0 Å². The van der Waals surface area contributed by atoms with Crippen LogP contribution in [0.15, 0.2) is 54.6 Å². The SMILES string of the molecule is Cc1ccc(N(Br)NC(=O)c2ccccc2)cc1. The molecule has 92 valence electrons. The minimum atomic E-state index is -0.159. The van der Waals surface area contributed by atoms with Crippen LogP contribution in [0.4, 0.5) is 5.69 Å². The fourth-order valence-electron chi connectivity index (χ4n) is 1.48. The number of aryl methyl sites for hydroxylation is 1. The Kier molecular flexibility index (Phi) is 3.99. The second-order valence-corrected chi connectivity index (χ2v) is 4.63. The number of nitrogens with one attached hydrogen (secondary N) is 1. The van der Waals surface area contributed by atoms with Crippen molar-refractivity contribution < 1.29 is 4.79 Å². The number of halogens is 1. The molecule has 4 heteroatoms. The molecule has 0 bridgehead atoms. The van der Waals surface area contributed by atoms with Crippen molar-refractivity contribution in [3.05, 3.63) is 65.7 Å². The van der Waals surface area contributed by atoms with Crippen molar-refractivity contribution >= 4 is 27.7 Å². The van der Waals surface area contributed by atoms with E-state index in [2.05, 4.69) is 21.6 Å². The summed E-state index contributed by atoms with van der Waals surface area (Å²) in [4.78, 5) is 11.9. The molecule has 0 aliphatic carbocycles. The van der Waals surface area contributed by atoms with E-state index < -0.39 is 0 Å². The van der Waals surface area contributed by atoms with Crippen molar-refractivity contribution in [3.8, 4) is 0 Å². The number of benzene rings is 2. The third-order valence-electron chi connectivity index (χ3n) is 2.50. The molecule has 0 spiro atoms. The molecular weight excluding hydrogens is 292 g/mol. The summed E-state index contributed by atoms with van der Waals surface area (Å²) in [5, 5.41) is 0. The van der Waals surface area contributed by atoms with Gasteiger partial charge in [0.2, 0.25) is 0 Å². The van der Waals surface area contributed by atoms with Crippen LogP contribution in [0, 0.1) is 6.92 Å². The van der Waals surface area contributed by atoms with Crippen molar-refractivity contribution in [2.45, 2.75) is 6.92 Å². The molecule has 0 aliphatic heterocycles. The van der Waals surface area contributed by atoms with Crippen LogP contribution < -0.4 is 9.46 Å². The van der Waals surface area contributed by atoms with Gasteiger partial charge in [0.1, 0.15) is 0 Å². The molecule has 0 aliphatic rings. The first kappa shape index (κ1) is 12.6. The molecule has 0 radical (unpaired) electrons. The minimum Gasteiger partial charge on any atom is -0.267 e. The summed E-state index contributed by atoms with van der Waals surface area (Å²) >= 11 is 3.31. The Morgan fingerprint density at radius 3 is 2.28 bits per heavy atom. The summed E-state index contributed by atoms with van der Waals surface area (Å²) in [7, 11) is 0. The van der Waals surface area contributed by atoms with Crippen molar-refractivity contribution in [1.29, 1.82) is 0 Å². The van der Waals surface area contributed by atoms with Crippen LogP contribution in [0.3, 0.4) is 0 Å². The zero-order valence-electron chi connectivity index (χ0n) is 9.93. The van der Waals surface area contributed by atoms with Gasteiger partial charge in [0.25, 0.3) is 5.91 Å². The monoisotopic (exact) mass is 304 g/mol. The zero-order valence-corrected chi connectivity index (χ0v) is 11.5. The molecule has 0 heterocycles. The number of hydrogen-bond acceptors (Lipinski definition) is 2. The summed E-state index contributed by atoms with van der Waals surface area (Å²) in [6.07, 6.45) is 0. The van der Waals surface area contributed by atoms with Crippen molar-refractivity contribution in [2.75, 3.05) is 4.03 Å². The van der Waals surface area contributed by atoms with E-state index in [9.17, 15) is 4.79 Å². The summed E-state index contributed by atoms with van der Waals surface area (Å²) in [5.74, 6) is -0.159. The largest absolute Gasteiger partial charge is 0.270 e. The van der Waals surface area contributed by atoms with E-state index in [1.54, 1.807) is 12.1 Å². The highest BCUT2D eigenvalue weighted by molar-refractivity contribution is 9.10. The van der Waals surface area contributed by atoms with Gasteiger partial charge in [0.15, 0.2) is 0 Å². The number of amides is 1. The Morgan fingerprint density at radius 2 is 1.67 bits per heavy atom. The van der Waals surface area contributed by atoms with Crippen LogP contribution in [0.2, 0.25) is 0 Å². The van der Waals surface area contributed by atoms with E-state index in [1.165, 1.54) is 9.60 Å². The van der Waals surface area contributed by atoms with Gasteiger partial charge < -0.3 is 0 Å². The van der Waals surface area contributed by atoms with Gasteiger partial charge in [-0.1, -0.05) is 35.9 Å². The van der Waals surface area contributed by atoms with E-state index in [-0.39, 0.29) is 5.91 Å². The fraction of sp³-hybridized carbons (Fsp3) is 0.0714. The van der Waals surface area contributed by atoms with Crippen LogP contribution >= 0.6 is 16.1 Å². The van der Waals surface area contributed by atoms with E-state index >= 15 is 0 Å². The topological polar surface area (TPSA) is 32.3 Å². The maximum absolute atomic E-state index is 11.9. The first-order valence-corrected chi connectivity index (χ1v) is 6.26. The molecule has 18 heavy (non-hydrogen) atoms. The number of hydrogen-bond donors (Lipinski definition) is 1. The zero-order chi connectivity index (χ0) is 13.0. The maximum atomic E-state index is 11.9. The molecule has 0 aromatic heterocycles. The third-order valence-corrected chi connectivity index (χ3v) is 3.08. The van der Waals surface area contributed by atoms with Gasteiger partial charge in [-0.15, -0.1) is 0 Å². The number of carbonyl (C=O) groups is 1. The highest BCUT2D eigenvalue weighted by Gasteiger charge is 2.09. The second-order valence-electron chi connectivity index (χ2n) is 3.92. The Labute approximate surface area is 115 Å². The number of hydrazine groups is 1. The maximum Gasteiger partial charge on any atom is 0.270 e. The molecular formula is C14H13BrN2O. The second kappa shape index (κ2) is 5.69. The van der Waals surface area contributed by atoms with E-state index in [0.29, 0.717) is 5.56 Å². The fourth-order valence-corrected chi connectivity index (χ4v) is 1.88. The van der Waals surface area contributed by atoms with Crippen LogP contribution in [0.1, 0.15) is 15.9 Å². The average molecular weight is 305 g/mol. The number of nitrogens with zero attached hydrogens (tertiary/aromatic N) is 1. The smallest absolute Gasteiger partial charge is 0.267 e. The van der Waals surface area contributed by atoms with Crippen molar-refractivity contribution in [1.82, 2.24) is 5.43 Å². The van der Waals surface area contributed by atoms with Gasteiger partial charge >= 0.3 is 0 Å². The van der Waals surface area contributed by atoms with Crippen LogP contribution in [0.25, 0.3) is 0 Å². The van der Waals surface area contributed by atoms with E-state index in [0.717, 1.165) is 5.69 Å². The lowest BCUT2D eigenvalue weighted by molar-refractivity contribution is 0.0957. The highest BCUT2D eigenvalue weighted by Crippen LogP contribution is 2.16. The molecule has 2 rings (SSSR count). The lowest BCUT2D eigenvalue weighted by Gasteiger charge is -2.17. The van der Waals surface area contributed by atoms with Crippen LogP contribution in [-0.4, -0.2) is 5.91 Å². The average Bonchev–Trinajstić information content (AvgIpc) is 2.40. The quantitative estimate of drug-likeness (QED) is 0.696. The standard InChI is InChI=1S/C14H13BrN2O/c1-11-7-9-13(10-8-11)17(15)16-14(18)12-5-3-2-4-6-12/h2-10H,1H3,(H,16,18). The van der Waals surface area contributed by atoms with Crippen LogP contribution in [-0.2, 0) is 0 Å². The molecule has 0 saturated carbocycles. The van der Waals surface area contributed by atoms with Gasteiger partial charge in [-0.2, -0.15) is 0 Å². The molecule has 0 saturated heterocycles. The van der Waals surface area contributed by atoms with E-state index in [1.807, 2.05) is 49.4 Å². The van der Waals surface area contributed by atoms with Crippen LogP contribution in [0.5, 0.6) is 0 Å². The summed E-state index contributed by atoms with van der Waals surface area (Å²) in [5.41, 5.74) is 5.40. The molecule has 1 amide bonds. The van der Waals surface area contributed by atoms with Crippen molar-refractivity contribution in [3.63, 3.8) is 0 Å². The number of anilines is 1. The molecule has 2 aromatic carbocycles. The lowest BCUT2D eigenvalue weighted by atomic mass is 10.2. The Bertz CT molecular complexity index is 525. The van der Waals surface area contributed by atoms with Gasteiger partial charge in [-0.3, -0.25) is 10.2 Å². The summed E-state index contributed by atoms with van der Waals surface area (Å²) in [6.45, 7) is 2.02. The van der Waals surface area contributed by atoms with Gasteiger partial charge in [-0.25, -0.2) is 4.03 Å². The van der Waals surface area contributed by atoms with Gasteiger partial charge in [0.05, 0.1) is 21.8 Å². The predicted octanol–water partition coefficient (Wildman–Crippen LogP) is 3.46. The molecule has 0 unspecified atom stereocenters. The predicted molar refractivity (Wildman–Crippen MR) is 76.5 cm³/mol. The summed E-state index contributed by atoms with van der Waals surface area (Å²) in [6, 6.07) is 16.9. The normalized spacial score (nSPS) is 9.89. The first-order chi connectivity index (χ1) is 8.66. The summed E-state index contributed by atoms with van der Waals surface area (Å²) < 4.78 is 1.53. The molecule has 2 aromatic rings. The lowest BCUT2D eigenvalue weighted by Crippen LogP contribution is -2.35.